The zero-order valence-corrected chi connectivity index (χ0v) is 24.6. The molecule has 3 rings (SSSR count). The van der Waals surface area contributed by atoms with Crippen molar-refractivity contribution in [2.45, 2.75) is 53.1 Å². The highest BCUT2D eigenvalue weighted by atomic mass is 79.9. The van der Waals surface area contributed by atoms with E-state index in [1.54, 1.807) is 11.8 Å². The molecular formula is C28H32BrNO5S2. The minimum atomic E-state index is -0.180. The number of hydrogen-bond donors (Lipinski definition) is 0. The van der Waals surface area contributed by atoms with Crippen LogP contribution in [0.25, 0.3) is 6.08 Å². The molecule has 0 atom stereocenters. The number of aryl methyl sites for hydroxylation is 1. The molecule has 1 aliphatic heterocycles. The van der Waals surface area contributed by atoms with Crippen LogP contribution in [0.1, 0.15) is 56.2 Å². The highest BCUT2D eigenvalue weighted by Gasteiger charge is 2.31. The number of rotatable bonds is 13. The third kappa shape index (κ3) is 8.58. The summed E-state index contributed by atoms with van der Waals surface area (Å²) in [5, 5.41) is 0. The van der Waals surface area contributed by atoms with Gasteiger partial charge in [0.15, 0.2) is 11.5 Å². The number of amides is 1. The molecule has 6 nitrogen and oxygen atoms in total. The Hall–Kier alpha value is -2.36. The molecule has 198 valence electrons. The van der Waals surface area contributed by atoms with Crippen LogP contribution in [0.15, 0.2) is 45.8 Å². The second-order valence-electron chi connectivity index (χ2n) is 8.49. The molecule has 37 heavy (non-hydrogen) atoms. The number of carbonyl (C=O) groups is 2. The zero-order chi connectivity index (χ0) is 26.8. The molecule has 9 heteroatoms. The number of benzene rings is 2. The van der Waals surface area contributed by atoms with E-state index in [0.717, 1.165) is 34.9 Å². The van der Waals surface area contributed by atoms with Gasteiger partial charge < -0.3 is 14.2 Å². The van der Waals surface area contributed by atoms with Crippen molar-refractivity contribution in [3.8, 4) is 11.5 Å². The van der Waals surface area contributed by atoms with Crippen molar-refractivity contribution < 1.29 is 23.8 Å². The lowest BCUT2D eigenvalue weighted by Crippen LogP contribution is -2.29. The van der Waals surface area contributed by atoms with E-state index in [-0.39, 0.29) is 11.9 Å². The first-order chi connectivity index (χ1) is 17.8. The number of carbonyl (C=O) groups excluding carboxylic acids is 2. The zero-order valence-electron chi connectivity index (χ0n) is 21.4. The molecular weight excluding hydrogens is 574 g/mol. The number of esters is 1. The second-order valence-corrected chi connectivity index (χ2v) is 11.0. The molecule has 2 aromatic rings. The van der Waals surface area contributed by atoms with Crippen molar-refractivity contribution >= 4 is 62.2 Å². The largest absolute Gasteiger partial charge is 0.490 e. The Labute approximate surface area is 236 Å². The SMILES string of the molecule is CCOC(=O)CCCCCN1C(=O)/C(=C\c2cc(Br)c(OCc3cccc(C)c3)c(OCC)c2)SC1=S. The van der Waals surface area contributed by atoms with Crippen LogP contribution in [0.4, 0.5) is 0 Å². The second kappa shape index (κ2) is 14.5. The molecule has 0 bridgehead atoms. The Balaban J connectivity index is 1.66. The summed E-state index contributed by atoms with van der Waals surface area (Å²) in [7, 11) is 0. The summed E-state index contributed by atoms with van der Waals surface area (Å²) >= 11 is 10.4. The van der Waals surface area contributed by atoms with Crippen LogP contribution in [-0.2, 0) is 20.9 Å². The third-order valence-electron chi connectivity index (χ3n) is 5.54. The smallest absolute Gasteiger partial charge is 0.305 e. The minimum Gasteiger partial charge on any atom is -0.490 e. The lowest BCUT2D eigenvalue weighted by atomic mass is 10.1. The molecule has 0 aliphatic carbocycles. The fourth-order valence-corrected chi connectivity index (χ4v) is 5.71. The maximum atomic E-state index is 13.0. The van der Waals surface area contributed by atoms with E-state index in [1.165, 1.54) is 17.3 Å². The lowest BCUT2D eigenvalue weighted by Gasteiger charge is -2.15. The highest BCUT2D eigenvalue weighted by Crippen LogP contribution is 2.40. The summed E-state index contributed by atoms with van der Waals surface area (Å²) in [4.78, 5) is 26.7. The molecule has 2 aromatic carbocycles. The molecule has 0 N–H and O–H groups in total. The first-order valence-corrected chi connectivity index (χ1v) is 14.4. The van der Waals surface area contributed by atoms with Crippen LogP contribution in [0.2, 0.25) is 0 Å². The Morgan fingerprint density at radius 2 is 1.92 bits per heavy atom. The standard InChI is InChI=1S/C28H32BrNO5S2/c1-4-33-23-16-21(15-22(29)26(23)35-18-20-11-9-10-19(3)14-20)17-24-27(32)30(28(36)37-24)13-8-6-7-12-25(31)34-5-2/h9-11,14-17H,4-8,12-13,18H2,1-3H3/b24-17+. The number of ether oxygens (including phenoxy) is 3. The quantitative estimate of drug-likeness (QED) is 0.105. The first-order valence-electron chi connectivity index (χ1n) is 12.4. The van der Waals surface area contributed by atoms with Gasteiger partial charge in [0.2, 0.25) is 0 Å². The van der Waals surface area contributed by atoms with Crippen molar-refractivity contribution in [1.29, 1.82) is 0 Å². The molecule has 0 saturated carbocycles. The number of thioether (sulfide) groups is 1. The van der Waals surface area contributed by atoms with E-state index in [2.05, 4.69) is 35.0 Å². The molecule has 1 fully saturated rings. The van der Waals surface area contributed by atoms with Crippen molar-refractivity contribution in [1.82, 2.24) is 4.90 Å². The summed E-state index contributed by atoms with van der Waals surface area (Å²) in [6.07, 6.45) is 4.55. The summed E-state index contributed by atoms with van der Waals surface area (Å²) in [6.45, 7) is 7.59. The van der Waals surface area contributed by atoms with Gasteiger partial charge in [-0.3, -0.25) is 14.5 Å². The van der Waals surface area contributed by atoms with E-state index in [1.807, 2.05) is 37.3 Å². The van der Waals surface area contributed by atoms with Gasteiger partial charge in [-0.25, -0.2) is 0 Å². The summed E-state index contributed by atoms with van der Waals surface area (Å²) < 4.78 is 18.2. The van der Waals surface area contributed by atoms with Gasteiger partial charge in [-0.1, -0.05) is 60.2 Å². The number of unbranched alkanes of at least 4 members (excludes halogenated alkanes) is 2. The monoisotopic (exact) mass is 605 g/mol. The van der Waals surface area contributed by atoms with E-state index < -0.39 is 0 Å². The van der Waals surface area contributed by atoms with Gasteiger partial charge in [0.1, 0.15) is 10.9 Å². The number of thiocarbonyl (C=S) groups is 1. The van der Waals surface area contributed by atoms with Gasteiger partial charge in [0, 0.05) is 13.0 Å². The number of nitrogens with zero attached hydrogens (tertiary/aromatic N) is 1. The van der Waals surface area contributed by atoms with Crippen molar-refractivity contribution in [3.63, 3.8) is 0 Å². The molecule has 0 radical (unpaired) electrons. The Kier molecular flexibility index (Phi) is 11.5. The molecule has 1 heterocycles. The third-order valence-corrected chi connectivity index (χ3v) is 7.50. The van der Waals surface area contributed by atoms with Gasteiger partial charge in [-0.15, -0.1) is 0 Å². The normalized spacial score (nSPS) is 14.4. The van der Waals surface area contributed by atoms with E-state index in [4.69, 9.17) is 26.4 Å². The molecule has 1 amide bonds. The number of halogens is 1. The minimum absolute atomic E-state index is 0.103. The average Bonchev–Trinajstić information content (AvgIpc) is 3.11. The van der Waals surface area contributed by atoms with Crippen LogP contribution in [0.3, 0.4) is 0 Å². The molecule has 0 unspecified atom stereocenters. The molecule has 0 aromatic heterocycles. The van der Waals surface area contributed by atoms with Crippen molar-refractivity contribution in [3.05, 3.63) is 62.5 Å². The Morgan fingerprint density at radius 3 is 2.65 bits per heavy atom. The van der Waals surface area contributed by atoms with Gasteiger partial charge in [-0.2, -0.15) is 0 Å². The predicted molar refractivity (Wildman–Crippen MR) is 156 cm³/mol. The molecule has 0 spiro atoms. The topological polar surface area (TPSA) is 65.1 Å². The lowest BCUT2D eigenvalue weighted by molar-refractivity contribution is -0.143. The summed E-state index contributed by atoms with van der Waals surface area (Å²) in [5.74, 6) is 0.943. The van der Waals surface area contributed by atoms with Crippen LogP contribution in [0, 0.1) is 6.92 Å². The van der Waals surface area contributed by atoms with E-state index >= 15 is 0 Å². The predicted octanol–water partition coefficient (Wildman–Crippen LogP) is 7.06. The molecule has 1 aliphatic rings. The first kappa shape index (κ1) is 29.2. The highest BCUT2D eigenvalue weighted by molar-refractivity contribution is 9.10. The van der Waals surface area contributed by atoms with Crippen LogP contribution >= 0.6 is 39.9 Å². The van der Waals surface area contributed by atoms with E-state index in [9.17, 15) is 9.59 Å². The van der Waals surface area contributed by atoms with Crippen molar-refractivity contribution in [2.75, 3.05) is 19.8 Å². The summed E-state index contributed by atoms with van der Waals surface area (Å²) in [5.41, 5.74) is 3.06. The van der Waals surface area contributed by atoms with Gasteiger partial charge in [0.25, 0.3) is 5.91 Å². The Morgan fingerprint density at radius 1 is 1.11 bits per heavy atom. The average molecular weight is 607 g/mol. The van der Waals surface area contributed by atoms with Gasteiger partial charge in [0.05, 0.1) is 22.6 Å². The Bertz CT molecular complexity index is 1170. The van der Waals surface area contributed by atoms with Gasteiger partial charge >= 0.3 is 5.97 Å². The fraction of sp³-hybridized carbons (Fsp3) is 0.393. The maximum Gasteiger partial charge on any atom is 0.305 e. The fourth-order valence-electron chi connectivity index (χ4n) is 3.83. The van der Waals surface area contributed by atoms with Crippen LogP contribution in [0.5, 0.6) is 11.5 Å². The van der Waals surface area contributed by atoms with Crippen molar-refractivity contribution in [2.24, 2.45) is 0 Å². The van der Waals surface area contributed by atoms with Gasteiger partial charge in [-0.05, 0) is 78.9 Å². The van der Waals surface area contributed by atoms with Crippen LogP contribution in [-0.4, -0.2) is 40.9 Å². The molecule has 1 saturated heterocycles. The van der Waals surface area contributed by atoms with Crippen LogP contribution < -0.4 is 9.47 Å². The number of hydrogen-bond acceptors (Lipinski definition) is 7. The maximum absolute atomic E-state index is 13.0. The summed E-state index contributed by atoms with van der Waals surface area (Å²) in [6, 6.07) is 12.0. The van der Waals surface area contributed by atoms with E-state index in [0.29, 0.717) is 53.5 Å².